The van der Waals surface area contributed by atoms with Crippen molar-refractivity contribution in [3.8, 4) is 0 Å². The maximum absolute atomic E-state index is 12.6. The highest BCUT2D eigenvalue weighted by Crippen LogP contribution is 2.27. The summed E-state index contributed by atoms with van der Waals surface area (Å²) < 4.78 is 0. The summed E-state index contributed by atoms with van der Waals surface area (Å²) in [6.07, 6.45) is 0.909. The Morgan fingerprint density at radius 1 is 1.32 bits per heavy atom. The van der Waals surface area contributed by atoms with Crippen molar-refractivity contribution in [1.29, 1.82) is 0 Å². The molecule has 8 heteroatoms. The van der Waals surface area contributed by atoms with Crippen molar-refractivity contribution in [2.45, 2.75) is 39.7 Å². The molecule has 0 aliphatic carbocycles. The number of rotatable bonds is 6. The van der Waals surface area contributed by atoms with Crippen LogP contribution in [0.15, 0.2) is 34.6 Å². The van der Waals surface area contributed by atoms with Gasteiger partial charge >= 0.3 is 0 Å². The van der Waals surface area contributed by atoms with Gasteiger partial charge in [0.1, 0.15) is 11.6 Å². The van der Waals surface area contributed by atoms with Gasteiger partial charge in [-0.25, -0.2) is 9.98 Å². The summed E-state index contributed by atoms with van der Waals surface area (Å²) >= 11 is 1.64. The second-order valence-corrected chi connectivity index (χ2v) is 7.74. The monoisotopic (exact) mass is 513 g/mol. The van der Waals surface area contributed by atoms with Gasteiger partial charge in [0, 0.05) is 24.2 Å². The third-order valence-corrected chi connectivity index (χ3v) is 5.34. The summed E-state index contributed by atoms with van der Waals surface area (Å²) in [5.74, 6) is 1.09. The molecule has 0 atom stereocenters. The molecule has 1 aromatic carbocycles. The van der Waals surface area contributed by atoms with Crippen molar-refractivity contribution < 1.29 is 4.79 Å². The zero-order valence-corrected chi connectivity index (χ0v) is 19.7. The third kappa shape index (κ3) is 5.66. The first-order chi connectivity index (χ1) is 13.1. The lowest BCUT2D eigenvalue weighted by Gasteiger charge is -2.17. The quantitative estimate of drug-likeness (QED) is 0.353. The third-order valence-electron chi connectivity index (χ3n) is 4.47. The van der Waals surface area contributed by atoms with Crippen LogP contribution in [0.5, 0.6) is 0 Å². The molecular formula is C20H28IN5OS. The number of anilines is 1. The van der Waals surface area contributed by atoms with Gasteiger partial charge in [0.2, 0.25) is 5.91 Å². The maximum atomic E-state index is 12.6. The van der Waals surface area contributed by atoms with E-state index in [4.69, 9.17) is 0 Å². The Morgan fingerprint density at radius 2 is 2.11 bits per heavy atom. The molecule has 0 fully saturated rings. The molecule has 3 rings (SSSR count). The number of aliphatic imine (C=N–C) groups is 1. The topological polar surface area (TPSA) is 69.6 Å². The minimum atomic E-state index is 0. The van der Waals surface area contributed by atoms with Crippen LogP contribution in [0.3, 0.4) is 0 Å². The lowest BCUT2D eigenvalue weighted by Crippen LogP contribution is -2.38. The fourth-order valence-electron chi connectivity index (χ4n) is 3.00. The van der Waals surface area contributed by atoms with Crippen molar-refractivity contribution in [1.82, 2.24) is 15.6 Å². The standard InChI is InChI=1S/C20H27N5OS.HI/c1-4-21-20(22-11-18-24-16(13-27-18)14(2)3)23-12-19(26)25-10-9-15-7-5-6-8-17(15)25;/h5-8,13-14H,4,9-12H2,1-3H3,(H2,21,22,23);1H. The highest BCUT2D eigenvalue weighted by molar-refractivity contribution is 14.0. The second kappa shape index (κ2) is 10.8. The first kappa shape index (κ1) is 22.6. The van der Waals surface area contributed by atoms with Crippen LogP contribution in [0.25, 0.3) is 0 Å². The predicted octanol–water partition coefficient (Wildman–Crippen LogP) is 3.53. The Kier molecular flexibility index (Phi) is 8.68. The van der Waals surface area contributed by atoms with Crippen LogP contribution < -0.4 is 15.5 Å². The molecule has 2 N–H and O–H groups in total. The van der Waals surface area contributed by atoms with Crippen molar-refractivity contribution in [2.75, 3.05) is 24.5 Å². The van der Waals surface area contributed by atoms with Gasteiger partial charge < -0.3 is 15.5 Å². The van der Waals surface area contributed by atoms with E-state index in [1.807, 2.05) is 30.0 Å². The number of benzene rings is 1. The summed E-state index contributed by atoms with van der Waals surface area (Å²) in [5, 5.41) is 9.58. The molecule has 6 nitrogen and oxygen atoms in total. The lowest BCUT2D eigenvalue weighted by molar-refractivity contribution is -0.117. The molecule has 152 valence electrons. The maximum Gasteiger partial charge on any atom is 0.248 e. The number of fused-ring (bicyclic) bond motifs is 1. The van der Waals surface area contributed by atoms with Crippen LogP contribution in [0.1, 0.15) is 43.0 Å². The number of guanidine groups is 1. The van der Waals surface area contributed by atoms with Gasteiger partial charge in [-0.15, -0.1) is 35.3 Å². The summed E-state index contributed by atoms with van der Waals surface area (Å²) in [5.41, 5.74) is 3.35. The molecular weight excluding hydrogens is 485 g/mol. The smallest absolute Gasteiger partial charge is 0.248 e. The number of amides is 1. The van der Waals surface area contributed by atoms with E-state index in [0.717, 1.165) is 35.9 Å². The molecule has 0 bridgehead atoms. The SMILES string of the molecule is CCNC(=NCC(=O)N1CCc2ccccc21)NCc1nc(C(C)C)cs1.I. The first-order valence-corrected chi connectivity index (χ1v) is 10.3. The van der Waals surface area contributed by atoms with E-state index in [1.165, 1.54) is 5.56 Å². The molecule has 0 spiro atoms. The molecule has 0 saturated heterocycles. The van der Waals surface area contributed by atoms with E-state index in [2.05, 4.69) is 45.9 Å². The molecule has 1 amide bonds. The molecule has 0 radical (unpaired) electrons. The van der Waals surface area contributed by atoms with Crippen molar-refractivity contribution >= 4 is 52.9 Å². The average Bonchev–Trinajstić information content (AvgIpc) is 3.30. The molecule has 1 aromatic heterocycles. The number of thiazole rings is 1. The van der Waals surface area contributed by atoms with Gasteiger partial charge in [-0.2, -0.15) is 0 Å². The number of hydrogen-bond donors (Lipinski definition) is 2. The zero-order valence-electron chi connectivity index (χ0n) is 16.6. The second-order valence-electron chi connectivity index (χ2n) is 6.79. The predicted molar refractivity (Wildman–Crippen MR) is 127 cm³/mol. The highest BCUT2D eigenvalue weighted by Gasteiger charge is 2.23. The van der Waals surface area contributed by atoms with Crippen LogP contribution in [0.4, 0.5) is 5.69 Å². The van der Waals surface area contributed by atoms with Gasteiger partial charge in [-0.1, -0.05) is 32.0 Å². The van der Waals surface area contributed by atoms with E-state index in [9.17, 15) is 4.79 Å². The fourth-order valence-corrected chi connectivity index (χ4v) is 3.90. The van der Waals surface area contributed by atoms with Crippen LogP contribution >= 0.6 is 35.3 Å². The molecule has 28 heavy (non-hydrogen) atoms. The Bertz CT molecular complexity index is 820. The Balaban J connectivity index is 0.00000280. The first-order valence-electron chi connectivity index (χ1n) is 9.43. The highest BCUT2D eigenvalue weighted by atomic mass is 127. The van der Waals surface area contributed by atoms with Crippen molar-refractivity contribution in [3.05, 3.63) is 45.9 Å². The number of nitrogens with one attached hydrogen (secondary N) is 2. The van der Waals surface area contributed by atoms with E-state index in [-0.39, 0.29) is 36.4 Å². The molecule has 2 aromatic rings. The Hall–Kier alpha value is -1.68. The van der Waals surface area contributed by atoms with E-state index < -0.39 is 0 Å². The Labute approximate surface area is 187 Å². The van der Waals surface area contributed by atoms with Gasteiger partial charge in [-0.3, -0.25) is 4.79 Å². The normalized spacial score (nSPS) is 13.3. The molecule has 0 saturated carbocycles. The summed E-state index contributed by atoms with van der Waals surface area (Å²) in [6.45, 7) is 8.48. The van der Waals surface area contributed by atoms with Crippen molar-refractivity contribution in [3.63, 3.8) is 0 Å². The number of carbonyl (C=O) groups excluding carboxylic acids is 1. The van der Waals surface area contributed by atoms with E-state index in [0.29, 0.717) is 18.4 Å². The summed E-state index contributed by atoms with van der Waals surface area (Å²) in [6, 6.07) is 8.07. The average molecular weight is 513 g/mol. The molecule has 2 heterocycles. The van der Waals surface area contributed by atoms with Gasteiger partial charge in [0.25, 0.3) is 0 Å². The number of halogens is 1. The molecule has 1 aliphatic rings. The summed E-state index contributed by atoms with van der Waals surface area (Å²) in [4.78, 5) is 23.5. The summed E-state index contributed by atoms with van der Waals surface area (Å²) in [7, 11) is 0. The number of nitrogens with zero attached hydrogens (tertiary/aromatic N) is 3. The van der Waals surface area contributed by atoms with Crippen LogP contribution in [0.2, 0.25) is 0 Å². The lowest BCUT2D eigenvalue weighted by atomic mass is 10.2. The van der Waals surface area contributed by atoms with Crippen LogP contribution in [0, 0.1) is 0 Å². The minimum absolute atomic E-state index is 0. The zero-order chi connectivity index (χ0) is 19.2. The van der Waals surface area contributed by atoms with Gasteiger partial charge in [0.15, 0.2) is 5.96 Å². The Morgan fingerprint density at radius 3 is 2.82 bits per heavy atom. The van der Waals surface area contributed by atoms with E-state index >= 15 is 0 Å². The van der Waals surface area contributed by atoms with Crippen LogP contribution in [-0.4, -0.2) is 36.5 Å². The number of aromatic nitrogens is 1. The molecule has 0 unspecified atom stereocenters. The van der Waals surface area contributed by atoms with Gasteiger partial charge in [-0.05, 0) is 30.9 Å². The van der Waals surface area contributed by atoms with Crippen LogP contribution in [-0.2, 0) is 17.8 Å². The van der Waals surface area contributed by atoms with Gasteiger partial charge in [0.05, 0.1) is 12.2 Å². The van der Waals surface area contributed by atoms with Crippen molar-refractivity contribution in [2.24, 2.45) is 4.99 Å². The number of hydrogen-bond acceptors (Lipinski definition) is 4. The minimum Gasteiger partial charge on any atom is -0.357 e. The van der Waals surface area contributed by atoms with E-state index in [1.54, 1.807) is 11.3 Å². The number of para-hydroxylation sites is 1. The largest absolute Gasteiger partial charge is 0.357 e. The fraction of sp³-hybridized carbons (Fsp3) is 0.450. The number of carbonyl (C=O) groups is 1. The molecule has 1 aliphatic heterocycles.